The molecular formula is C30H38N2O6. The minimum absolute atomic E-state index is 0.0778. The van der Waals surface area contributed by atoms with Crippen LogP contribution in [0.1, 0.15) is 50.2 Å². The SMILES string of the molecule is CC[C@@]12C=CCCOC(=O)[C@@H]1[C@H]1C(=O)N(CCCCCO)C3C(=O)N(c4cc(C)ccc4C)CC=C[C@@]31O2. The lowest BCUT2D eigenvalue weighted by Gasteiger charge is -2.39. The fourth-order valence-electron chi connectivity index (χ4n) is 6.77. The van der Waals surface area contributed by atoms with Crippen LogP contribution in [0.25, 0.3) is 0 Å². The molecule has 1 aromatic rings. The van der Waals surface area contributed by atoms with E-state index in [1.54, 1.807) is 9.80 Å². The molecule has 0 saturated carbocycles. The Morgan fingerprint density at radius 3 is 2.61 bits per heavy atom. The fourth-order valence-corrected chi connectivity index (χ4v) is 6.77. The zero-order chi connectivity index (χ0) is 27.1. The van der Waals surface area contributed by atoms with Gasteiger partial charge in [-0.05, 0) is 63.1 Å². The van der Waals surface area contributed by atoms with Gasteiger partial charge in [0.25, 0.3) is 5.91 Å². The number of benzene rings is 1. The number of aliphatic hydroxyl groups excluding tert-OH is 1. The molecule has 1 aromatic carbocycles. The maximum Gasteiger partial charge on any atom is 0.313 e. The van der Waals surface area contributed by atoms with Gasteiger partial charge in [-0.1, -0.05) is 43.4 Å². The summed E-state index contributed by atoms with van der Waals surface area (Å²) >= 11 is 0. The maximum atomic E-state index is 14.5. The average Bonchev–Trinajstić information content (AvgIpc) is 3.23. The predicted octanol–water partition coefficient (Wildman–Crippen LogP) is 3.23. The van der Waals surface area contributed by atoms with E-state index in [4.69, 9.17) is 9.47 Å². The van der Waals surface area contributed by atoms with Crippen molar-refractivity contribution >= 4 is 23.5 Å². The highest BCUT2D eigenvalue weighted by Crippen LogP contribution is 2.58. The van der Waals surface area contributed by atoms with Crippen LogP contribution in [-0.4, -0.2) is 71.3 Å². The Morgan fingerprint density at radius 2 is 1.84 bits per heavy atom. The lowest BCUT2D eigenvalue weighted by molar-refractivity contribution is -0.160. The van der Waals surface area contributed by atoms with E-state index in [-0.39, 0.29) is 25.0 Å². The monoisotopic (exact) mass is 522 g/mol. The molecule has 4 aliphatic heterocycles. The van der Waals surface area contributed by atoms with E-state index < -0.39 is 35.0 Å². The van der Waals surface area contributed by atoms with Crippen molar-refractivity contribution in [2.75, 3.05) is 31.2 Å². The van der Waals surface area contributed by atoms with E-state index in [1.165, 1.54) is 0 Å². The molecule has 38 heavy (non-hydrogen) atoms. The zero-order valence-corrected chi connectivity index (χ0v) is 22.5. The molecule has 8 nitrogen and oxygen atoms in total. The lowest BCUT2D eigenvalue weighted by Crippen LogP contribution is -2.56. The van der Waals surface area contributed by atoms with Crippen molar-refractivity contribution in [1.82, 2.24) is 4.90 Å². The number of carbonyl (C=O) groups excluding carboxylic acids is 3. The van der Waals surface area contributed by atoms with Crippen molar-refractivity contribution in [1.29, 1.82) is 0 Å². The Kier molecular flexibility index (Phi) is 7.22. The van der Waals surface area contributed by atoms with Gasteiger partial charge in [-0.15, -0.1) is 0 Å². The number of likely N-dealkylation sites (tertiary alicyclic amines) is 1. The first-order valence-corrected chi connectivity index (χ1v) is 13.8. The van der Waals surface area contributed by atoms with Crippen molar-refractivity contribution < 1.29 is 29.0 Å². The predicted molar refractivity (Wildman–Crippen MR) is 142 cm³/mol. The number of carbonyl (C=O) groups is 3. The Balaban J connectivity index is 1.63. The van der Waals surface area contributed by atoms with E-state index in [0.717, 1.165) is 23.2 Å². The zero-order valence-electron chi connectivity index (χ0n) is 22.5. The molecule has 8 heteroatoms. The fraction of sp³-hybridized carbons (Fsp3) is 0.567. The van der Waals surface area contributed by atoms with Crippen molar-refractivity contribution in [2.24, 2.45) is 11.8 Å². The molecule has 0 aliphatic carbocycles. The summed E-state index contributed by atoms with van der Waals surface area (Å²) < 4.78 is 12.5. The molecule has 204 valence electrons. The normalized spacial score (nSPS) is 32.4. The number of hydrogen-bond donors (Lipinski definition) is 1. The van der Waals surface area contributed by atoms with Gasteiger partial charge in [0.1, 0.15) is 23.2 Å². The Morgan fingerprint density at radius 1 is 1.03 bits per heavy atom. The third-order valence-corrected chi connectivity index (χ3v) is 8.61. The molecular weight excluding hydrogens is 484 g/mol. The number of anilines is 1. The van der Waals surface area contributed by atoms with Crippen LogP contribution in [0.3, 0.4) is 0 Å². The van der Waals surface area contributed by atoms with Gasteiger partial charge in [-0.25, -0.2) is 0 Å². The number of amides is 2. The van der Waals surface area contributed by atoms with E-state index >= 15 is 0 Å². The van der Waals surface area contributed by atoms with Crippen molar-refractivity contribution in [3.63, 3.8) is 0 Å². The van der Waals surface area contributed by atoms with E-state index in [9.17, 15) is 19.5 Å². The van der Waals surface area contributed by atoms with Gasteiger partial charge in [-0.3, -0.25) is 14.4 Å². The number of rotatable bonds is 7. The second-order valence-electron chi connectivity index (χ2n) is 10.9. The van der Waals surface area contributed by atoms with Gasteiger partial charge in [0.05, 0.1) is 12.5 Å². The summed E-state index contributed by atoms with van der Waals surface area (Å²) in [5.41, 5.74) is 0.496. The standard InChI is InChI=1S/C30H38N2O6/c1-4-29-13-6-9-18-37-28(36)24(29)23-26(34)32(15-7-5-8-17-33)25-27(35)31(16-10-14-30(23,25)38-29)22-19-20(2)11-12-21(22)3/h6,10-14,19,23-25,33H,4-5,7-9,15-18H2,1-3H3/t23-,24-,25?,29+,30-/m0/s1. The summed E-state index contributed by atoms with van der Waals surface area (Å²) in [6.07, 6.45) is 10.7. The van der Waals surface area contributed by atoms with Gasteiger partial charge in [0, 0.05) is 25.4 Å². The minimum atomic E-state index is -1.29. The summed E-state index contributed by atoms with van der Waals surface area (Å²) in [6.45, 7) is 6.93. The summed E-state index contributed by atoms with van der Waals surface area (Å²) in [5.74, 6) is -2.60. The number of aliphatic hydroxyl groups is 1. The number of cyclic esters (lactones) is 1. The summed E-state index contributed by atoms with van der Waals surface area (Å²) in [6, 6.07) is 5.10. The minimum Gasteiger partial charge on any atom is -0.465 e. The quantitative estimate of drug-likeness (QED) is 0.336. The Labute approximate surface area is 224 Å². The number of hydrogen-bond acceptors (Lipinski definition) is 6. The smallest absolute Gasteiger partial charge is 0.313 e. The van der Waals surface area contributed by atoms with Crippen LogP contribution < -0.4 is 4.90 Å². The molecule has 4 heterocycles. The van der Waals surface area contributed by atoms with Gasteiger partial charge in [0.15, 0.2) is 0 Å². The number of unbranched alkanes of at least 4 members (excludes halogenated alkanes) is 2. The molecule has 1 unspecified atom stereocenters. The highest BCUT2D eigenvalue weighted by Gasteiger charge is 2.75. The number of ether oxygens (including phenoxy) is 2. The summed E-state index contributed by atoms with van der Waals surface area (Å²) in [5, 5.41) is 9.25. The van der Waals surface area contributed by atoms with Crippen LogP contribution in [0.5, 0.6) is 0 Å². The summed E-state index contributed by atoms with van der Waals surface area (Å²) in [7, 11) is 0. The van der Waals surface area contributed by atoms with Crippen molar-refractivity contribution in [3.05, 3.63) is 53.6 Å². The molecule has 5 atom stereocenters. The number of aryl methyl sites for hydroxylation is 2. The van der Waals surface area contributed by atoms with E-state index in [1.807, 2.05) is 63.3 Å². The average molecular weight is 523 g/mol. The first-order chi connectivity index (χ1) is 18.3. The van der Waals surface area contributed by atoms with E-state index in [2.05, 4.69) is 0 Å². The molecule has 5 rings (SSSR count). The molecule has 2 fully saturated rings. The molecule has 2 saturated heterocycles. The molecule has 4 aliphatic rings. The first-order valence-electron chi connectivity index (χ1n) is 13.8. The molecule has 0 aromatic heterocycles. The lowest BCUT2D eigenvalue weighted by atomic mass is 9.73. The van der Waals surface area contributed by atoms with Crippen molar-refractivity contribution in [2.45, 2.75) is 70.1 Å². The topological polar surface area (TPSA) is 96.4 Å². The van der Waals surface area contributed by atoms with Crippen LogP contribution in [0, 0.1) is 25.7 Å². The molecule has 1 spiro atoms. The molecule has 0 bridgehead atoms. The van der Waals surface area contributed by atoms with Gasteiger partial charge < -0.3 is 24.4 Å². The van der Waals surface area contributed by atoms with Crippen LogP contribution in [-0.2, 0) is 23.9 Å². The second kappa shape index (κ2) is 10.3. The van der Waals surface area contributed by atoms with Crippen LogP contribution in [0.2, 0.25) is 0 Å². The third-order valence-electron chi connectivity index (χ3n) is 8.61. The third kappa shape index (κ3) is 4.09. The number of nitrogens with zero attached hydrogens (tertiary/aromatic N) is 2. The van der Waals surface area contributed by atoms with Crippen LogP contribution >= 0.6 is 0 Å². The van der Waals surface area contributed by atoms with E-state index in [0.29, 0.717) is 38.8 Å². The van der Waals surface area contributed by atoms with Crippen LogP contribution in [0.15, 0.2) is 42.5 Å². The first kappa shape index (κ1) is 26.6. The molecule has 0 radical (unpaired) electrons. The van der Waals surface area contributed by atoms with Gasteiger partial charge in [-0.2, -0.15) is 0 Å². The second-order valence-corrected chi connectivity index (χ2v) is 10.9. The molecule has 1 N–H and O–H groups in total. The Bertz CT molecular complexity index is 1180. The number of esters is 1. The van der Waals surface area contributed by atoms with Gasteiger partial charge in [0.2, 0.25) is 5.91 Å². The summed E-state index contributed by atoms with van der Waals surface area (Å²) in [4.78, 5) is 45.6. The largest absolute Gasteiger partial charge is 0.465 e. The van der Waals surface area contributed by atoms with Crippen LogP contribution in [0.4, 0.5) is 5.69 Å². The number of fused-ring (bicyclic) bond motifs is 2. The van der Waals surface area contributed by atoms with Crippen molar-refractivity contribution in [3.8, 4) is 0 Å². The Hall–Kier alpha value is -2.97. The highest BCUT2D eigenvalue weighted by atomic mass is 16.6. The van der Waals surface area contributed by atoms with Gasteiger partial charge >= 0.3 is 5.97 Å². The maximum absolute atomic E-state index is 14.5. The molecule has 2 amide bonds. The highest BCUT2D eigenvalue weighted by molar-refractivity contribution is 6.06.